The van der Waals surface area contributed by atoms with Gasteiger partial charge in [0.15, 0.2) is 11.4 Å². The van der Waals surface area contributed by atoms with Crippen molar-refractivity contribution in [2.45, 2.75) is 6.92 Å². The highest BCUT2D eigenvalue weighted by Crippen LogP contribution is 2.21. The Labute approximate surface area is 139 Å². The number of amides is 1. The second kappa shape index (κ2) is 6.87. The third-order valence-corrected chi connectivity index (χ3v) is 3.35. The molecule has 1 amide bonds. The molecular weight excluding hydrogens is 306 g/mol. The van der Waals surface area contributed by atoms with E-state index in [0.717, 1.165) is 11.4 Å². The van der Waals surface area contributed by atoms with Crippen molar-refractivity contribution >= 4 is 11.6 Å². The molecule has 0 saturated heterocycles. The van der Waals surface area contributed by atoms with Crippen LogP contribution in [0.3, 0.4) is 0 Å². The lowest BCUT2D eigenvalue weighted by molar-refractivity contribution is 0.101. The van der Waals surface area contributed by atoms with Gasteiger partial charge < -0.3 is 15.2 Å². The molecule has 0 atom stereocenters. The SMILES string of the molecule is CCOc1ccc(NC(=O)c2nn(-c3ccccc3)cc2O)cc1. The van der Waals surface area contributed by atoms with Crippen LogP contribution < -0.4 is 10.1 Å². The number of nitrogens with one attached hydrogen (secondary N) is 1. The van der Waals surface area contributed by atoms with Crippen molar-refractivity contribution in [1.29, 1.82) is 0 Å². The molecule has 24 heavy (non-hydrogen) atoms. The molecule has 0 aliphatic carbocycles. The van der Waals surface area contributed by atoms with Crippen LogP contribution in [-0.4, -0.2) is 27.4 Å². The van der Waals surface area contributed by atoms with E-state index >= 15 is 0 Å². The van der Waals surface area contributed by atoms with E-state index in [1.807, 2.05) is 37.3 Å². The topological polar surface area (TPSA) is 76.4 Å². The minimum Gasteiger partial charge on any atom is -0.504 e. The van der Waals surface area contributed by atoms with Crippen molar-refractivity contribution in [3.63, 3.8) is 0 Å². The molecule has 0 radical (unpaired) electrons. The Bertz CT molecular complexity index is 826. The van der Waals surface area contributed by atoms with Crippen molar-refractivity contribution in [1.82, 2.24) is 9.78 Å². The lowest BCUT2D eigenvalue weighted by atomic mass is 10.3. The minimum absolute atomic E-state index is 0.0345. The fourth-order valence-corrected chi connectivity index (χ4v) is 2.23. The van der Waals surface area contributed by atoms with Gasteiger partial charge in [-0.15, -0.1) is 0 Å². The number of aromatic hydroxyl groups is 1. The predicted octanol–water partition coefficient (Wildman–Crippen LogP) is 3.23. The zero-order valence-electron chi connectivity index (χ0n) is 13.1. The molecule has 0 unspecified atom stereocenters. The number of carbonyl (C=O) groups excluding carboxylic acids is 1. The number of hydrogen-bond acceptors (Lipinski definition) is 4. The quantitative estimate of drug-likeness (QED) is 0.756. The fraction of sp³-hybridized carbons (Fsp3) is 0.111. The van der Waals surface area contributed by atoms with Crippen LogP contribution in [-0.2, 0) is 0 Å². The maximum atomic E-state index is 12.3. The molecule has 0 saturated carbocycles. The molecule has 3 rings (SSSR count). The molecule has 122 valence electrons. The number of ether oxygens (including phenoxy) is 1. The summed E-state index contributed by atoms with van der Waals surface area (Å²) in [5, 5.41) is 16.8. The summed E-state index contributed by atoms with van der Waals surface area (Å²) in [7, 11) is 0. The summed E-state index contributed by atoms with van der Waals surface area (Å²) >= 11 is 0. The predicted molar refractivity (Wildman–Crippen MR) is 90.8 cm³/mol. The molecule has 0 aliphatic heterocycles. The first-order valence-electron chi connectivity index (χ1n) is 7.55. The molecule has 6 nitrogen and oxygen atoms in total. The highest BCUT2D eigenvalue weighted by molar-refractivity contribution is 6.04. The lowest BCUT2D eigenvalue weighted by Crippen LogP contribution is -2.13. The van der Waals surface area contributed by atoms with Crippen LogP contribution in [0.5, 0.6) is 11.5 Å². The third-order valence-electron chi connectivity index (χ3n) is 3.35. The summed E-state index contributed by atoms with van der Waals surface area (Å²) in [6.07, 6.45) is 1.41. The monoisotopic (exact) mass is 323 g/mol. The van der Waals surface area contributed by atoms with E-state index in [0.29, 0.717) is 12.3 Å². The summed E-state index contributed by atoms with van der Waals surface area (Å²) in [5.74, 6) is 0.0698. The summed E-state index contributed by atoms with van der Waals surface area (Å²) in [6, 6.07) is 16.3. The summed E-state index contributed by atoms with van der Waals surface area (Å²) in [4.78, 5) is 12.3. The standard InChI is InChI=1S/C18H17N3O3/c1-2-24-15-10-8-13(9-11-15)19-18(23)17-16(22)12-21(20-17)14-6-4-3-5-7-14/h3-12,22H,2H2,1H3,(H,19,23). The van der Waals surface area contributed by atoms with Crippen LogP contribution in [0.25, 0.3) is 5.69 Å². The second-order valence-electron chi connectivity index (χ2n) is 5.05. The molecule has 0 fully saturated rings. The smallest absolute Gasteiger partial charge is 0.280 e. The number of aromatic nitrogens is 2. The van der Waals surface area contributed by atoms with Crippen LogP contribution in [0.15, 0.2) is 60.8 Å². The van der Waals surface area contributed by atoms with Gasteiger partial charge in [-0.05, 0) is 43.3 Å². The van der Waals surface area contributed by atoms with Crippen LogP contribution in [0.4, 0.5) is 5.69 Å². The average molecular weight is 323 g/mol. The average Bonchev–Trinajstić information content (AvgIpc) is 3.00. The van der Waals surface area contributed by atoms with E-state index < -0.39 is 5.91 Å². The van der Waals surface area contributed by atoms with E-state index in [4.69, 9.17) is 4.74 Å². The Morgan fingerprint density at radius 1 is 1.17 bits per heavy atom. The number of anilines is 1. The molecule has 2 aromatic carbocycles. The van der Waals surface area contributed by atoms with E-state index in [9.17, 15) is 9.90 Å². The fourth-order valence-electron chi connectivity index (χ4n) is 2.23. The number of nitrogens with zero attached hydrogens (tertiary/aromatic N) is 2. The lowest BCUT2D eigenvalue weighted by Gasteiger charge is -2.06. The van der Waals surface area contributed by atoms with Gasteiger partial charge in [0.25, 0.3) is 5.91 Å². The number of hydrogen-bond donors (Lipinski definition) is 2. The zero-order valence-corrected chi connectivity index (χ0v) is 13.1. The Morgan fingerprint density at radius 2 is 1.88 bits per heavy atom. The van der Waals surface area contributed by atoms with Crippen molar-refractivity contribution in [2.75, 3.05) is 11.9 Å². The van der Waals surface area contributed by atoms with Gasteiger partial charge in [0.1, 0.15) is 5.75 Å². The van der Waals surface area contributed by atoms with Gasteiger partial charge in [-0.2, -0.15) is 5.10 Å². The Balaban J connectivity index is 1.76. The first-order chi connectivity index (χ1) is 11.7. The number of para-hydroxylation sites is 1. The van der Waals surface area contributed by atoms with Crippen molar-refractivity contribution < 1.29 is 14.6 Å². The van der Waals surface area contributed by atoms with Crippen molar-refractivity contribution in [2.24, 2.45) is 0 Å². The Hall–Kier alpha value is -3.28. The first-order valence-corrected chi connectivity index (χ1v) is 7.55. The third kappa shape index (κ3) is 3.38. The van der Waals surface area contributed by atoms with Gasteiger partial charge in [-0.3, -0.25) is 4.79 Å². The van der Waals surface area contributed by atoms with Crippen molar-refractivity contribution in [3.05, 3.63) is 66.5 Å². The molecule has 1 aromatic heterocycles. The number of carbonyl (C=O) groups is 1. The van der Waals surface area contributed by atoms with Gasteiger partial charge in [0, 0.05) is 5.69 Å². The number of rotatable bonds is 5. The molecular formula is C18H17N3O3. The molecule has 0 bridgehead atoms. The highest BCUT2D eigenvalue weighted by Gasteiger charge is 2.17. The first kappa shape index (κ1) is 15.6. The zero-order chi connectivity index (χ0) is 16.9. The van der Waals surface area contributed by atoms with Crippen LogP contribution in [0, 0.1) is 0 Å². The summed E-state index contributed by atoms with van der Waals surface area (Å²) in [6.45, 7) is 2.48. The van der Waals surface area contributed by atoms with Gasteiger partial charge in [-0.1, -0.05) is 18.2 Å². The molecule has 3 aromatic rings. The maximum absolute atomic E-state index is 12.3. The molecule has 6 heteroatoms. The second-order valence-corrected chi connectivity index (χ2v) is 5.05. The van der Waals surface area contributed by atoms with Gasteiger partial charge in [-0.25, -0.2) is 4.68 Å². The van der Waals surface area contributed by atoms with Gasteiger partial charge in [0.05, 0.1) is 18.5 Å². The van der Waals surface area contributed by atoms with Crippen LogP contribution >= 0.6 is 0 Å². The van der Waals surface area contributed by atoms with E-state index in [-0.39, 0.29) is 11.4 Å². The largest absolute Gasteiger partial charge is 0.504 e. The molecule has 0 aliphatic rings. The van der Waals surface area contributed by atoms with E-state index in [1.165, 1.54) is 10.9 Å². The van der Waals surface area contributed by atoms with Crippen LogP contribution in [0.2, 0.25) is 0 Å². The molecule has 1 heterocycles. The maximum Gasteiger partial charge on any atom is 0.280 e. The van der Waals surface area contributed by atoms with E-state index in [2.05, 4.69) is 10.4 Å². The van der Waals surface area contributed by atoms with Crippen molar-refractivity contribution in [3.8, 4) is 17.2 Å². The Morgan fingerprint density at radius 3 is 2.54 bits per heavy atom. The highest BCUT2D eigenvalue weighted by atomic mass is 16.5. The van der Waals surface area contributed by atoms with Gasteiger partial charge >= 0.3 is 0 Å². The summed E-state index contributed by atoms with van der Waals surface area (Å²) < 4.78 is 6.81. The molecule has 2 N–H and O–H groups in total. The van der Waals surface area contributed by atoms with Gasteiger partial charge in [0.2, 0.25) is 0 Å². The number of benzene rings is 2. The normalized spacial score (nSPS) is 10.4. The Kier molecular flexibility index (Phi) is 4.47. The minimum atomic E-state index is -0.480. The van der Waals surface area contributed by atoms with Crippen LogP contribution in [0.1, 0.15) is 17.4 Å². The molecule has 0 spiro atoms. The van der Waals surface area contributed by atoms with E-state index in [1.54, 1.807) is 24.3 Å². The summed E-state index contributed by atoms with van der Waals surface area (Å²) in [5.41, 5.74) is 1.32.